The predicted octanol–water partition coefficient (Wildman–Crippen LogP) is 7.60. The lowest BCUT2D eigenvalue weighted by Gasteiger charge is -2.36. The Labute approximate surface area is 246 Å². The summed E-state index contributed by atoms with van der Waals surface area (Å²) in [5.41, 5.74) is 8.47. The third kappa shape index (κ3) is 4.38. The molecule has 0 unspecified atom stereocenters. The number of hydrogen-bond acceptors (Lipinski definition) is 3. The maximum Gasteiger partial charge on any atom is 0.138 e. The predicted molar refractivity (Wildman–Crippen MR) is 165 cm³/mol. The summed E-state index contributed by atoms with van der Waals surface area (Å²) < 4.78 is 4.23. The fourth-order valence-electron chi connectivity index (χ4n) is 6.05. The van der Waals surface area contributed by atoms with Crippen LogP contribution >= 0.6 is 0 Å². The molecule has 0 N–H and O–H groups in total. The number of benzene rings is 4. The van der Waals surface area contributed by atoms with E-state index >= 15 is 0 Å². The van der Waals surface area contributed by atoms with Crippen LogP contribution in [0.4, 0.5) is 0 Å². The van der Waals surface area contributed by atoms with Crippen LogP contribution in [0.1, 0.15) is 44.9 Å². The quantitative estimate of drug-likeness (QED) is 0.195. The molecule has 0 amide bonds. The molecule has 0 saturated carbocycles. The maximum absolute atomic E-state index is 10.1. The summed E-state index contributed by atoms with van der Waals surface area (Å²) in [6, 6.07) is 45.5. The van der Waals surface area contributed by atoms with Crippen molar-refractivity contribution < 1.29 is 0 Å². The molecule has 0 bridgehead atoms. The lowest BCUT2D eigenvalue weighted by Crippen LogP contribution is -2.38. The van der Waals surface area contributed by atoms with Crippen LogP contribution < -0.4 is 0 Å². The van der Waals surface area contributed by atoms with Gasteiger partial charge in [0.1, 0.15) is 11.6 Å². The summed E-state index contributed by atoms with van der Waals surface area (Å²) >= 11 is 0. The summed E-state index contributed by atoms with van der Waals surface area (Å²) in [5.74, 6) is 0. The number of aromatic nitrogens is 3. The minimum Gasteiger partial charge on any atom is -0.341 e. The Bertz CT molecular complexity index is 1820. The highest BCUT2D eigenvalue weighted by molar-refractivity contribution is 5.75. The van der Waals surface area contributed by atoms with Crippen molar-refractivity contribution in [3.05, 3.63) is 172 Å². The van der Waals surface area contributed by atoms with Gasteiger partial charge in [-0.05, 0) is 54.3 Å². The van der Waals surface area contributed by atoms with Crippen LogP contribution in [0, 0.1) is 36.5 Å². The van der Waals surface area contributed by atoms with Gasteiger partial charge in [0, 0.05) is 23.1 Å². The van der Waals surface area contributed by atoms with Gasteiger partial charge < -0.3 is 4.57 Å². The Morgan fingerprint density at radius 3 is 1.64 bits per heavy atom. The number of nitriles is 2. The van der Waals surface area contributed by atoms with E-state index in [0.717, 1.165) is 44.9 Å². The van der Waals surface area contributed by atoms with E-state index in [1.165, 1.54) is 0 Å². The number of hydrogen-bond donors (Lipinski definition) is 0. The molecule has 5 nitrogen and oxygen atoms in total. The van der Waals surface area contributed by atoms with Gasteiger partial charge in [0.25, 0.3) is 0 Å². The molecule has 6 rings (SSSR count). The number of rotatable bonds is 7. The molecule has 4 aromatic carbocycles. The van der Waals surface area contributed by atoms with Crippen LogP contribution in [0.5, 0.6) is 0 Å². The second kappa shape index (κ2) is 11.1. The van der Waals surface area contributed by atoms with Gasteiger partial charge >= 0.3 is 0 Å². The zero-order valence-corrected chi connectivity index (χ0v) is 23.6. The molecule has 6 aromatic rings. The first kappa shape index (κ1) is 26.6. The van der Waals surface area contributed by atoms with E-state index in [2.05, 4.69) is 106 Å². The summed E-state index contributed by atoms with van der Waals surface area (Å²) in [4.78, 5) is 0. The van der Waals surface area contributed by atoms with Crippen LogP contribution in [-0.4, -0.2) is 14.3 Å². The molecule has 0 aliphatic heterocycles. The monoisotopic (exact) mass is 543 g/mol. The molecular weight excluding hydrogens is 514 g/mol. The Balaban J connectivity index is 1.49. The fraction of sp³-hybridized carbons (Fsp3) is 0.108. The van der Waals surface area contributed by atoms with Crippen LogP contribution in [0.15, 0.2) is 128 Å². The van der Waals surface area contributed by atoms with Crippen LogP contribution in [0.2, 0.25) is 0 Å². The Kier molecular flexibility index (Phi) is 7.01. The zero-order chi connectivity index (χ0) is 29.1. The molecule has 2 heterocycles. The lowest BCUT2D eigenvalue weighted by molar-refractivity contribution is 0.454. The number of nitrogens with zero attached hydrogens (tertiary/aromatic N) is 5. The normalized spacial score (nSPS) is 11.1. The average molecular weight is 544 g/mol. The maximum atomic E-state index is 10.1. The minimum absolute atomic E-state index is 0.518. The first-order valence-electron chi connectivity index (χ1n) is 13.9. The molecule has 202 valence electrons. The van der Waals surface area contributed by atoms with E-state index in [1.807, 2.05) is 44.2 Å². The molecule has 0 spiro atoms. The summed E-state index contributed by atoms with van der Waals surface area (Å²) in [5, 5.41) is 24.6. The first-order valence-corrected chi connectivity index (χ1v) is 13.9. The Morgan fingerprint density at radius 1 is 0.643 bits per heavy atom. The summed E-state index contributed by atoms with van der Waals surface area (Å²) in [6.07, 6.45) is 2.06. The van der Waals surface area contributed by atoms with Crippen molar-refractivity contribution in [2.45, 2.75) is 25.9 Å². The molecule has 5 heteroatoms. The minimum atomic E-state index is -0.686. The van der Waals surface area contributed by atoms with Gasteiger partial charge in [0.2, 0.25) is 0 Å². The first-order chi connectivity index (χ1) is 20.6. The Morgan fingerprint density at radius 2 is 1.17 bits per heavy atom. The van der Waals surface area contributed by atoms with Gasteiger partial charge in [-0.15, -0.1) is 0 Å². The van der Waals surface area contributed by atoms with Crippen molar-refractivity contribution in [3.63, 3.8) is 0 Å². The van der Waals surface area contributed by atoms with Gasteiger partial charge in [0.05, 0.1) is 29.4 Å². The molecule has 0 aliphatic carbocycles. The lowest BCUT2D eigenvalue weighted by atomic mass is 9.77. The second-order valence-corrected chi connectivity index (χ2v) is 10.4. The van der Waals surface area contributed by atoms with E-state index < -0.39 is 5.54 Å². The van der Waals surface area contributed by atoms with Gasteiger partial charge in [-0.2, -0.15) is 15.6 Å². The van der Waals surface area contributed by atoms with Crippen LogP contribution in [0.3, 0.4) is 0 Å². The molecule has 0 saturated heterocycles. The fourth-order valence-corrected chi connectivity index (χ4v) is 6.05. The van der Waals surface area contributed by atoms with Gasteiger partial charge in [0.15, 0.2) is 0 Å². The van der Waals surface area contributed by atoms with Gasteiger partial charge in [-0.1, -0.05) is 103 Å². The van der Waals surface area contributed by atoms with Crippen molar-refractivity contribution in [1.29, 1.82) is 10.5 Å². The van der Waals surface area contributed by atoms with E-state index in [9.17, 15) is 10.5 Å². The van der Waals surface area contributed by atoms with Crippen molar-refractivity contribution in [3.8, 4) is 23.3 Å². The summed E-state index contributed by atoms with van der Waals surface area (Å²) in [7, 11) is 0. The van der Waals surface area contributed by atoms with Crippen molar-refractivity contribution in [2.24, 2.45) is 0 Å². The molecular formula is C37H29N5. The SMILES string of the molecule is Cc1c(C#N)c(-c2ccc(C#N)cc2)c(C)n1Cc1ccn(C(c2ccccc2)(c2ccccc2)c2ccccc2)n1. The Hall–Kier alpha value is -5.65. The van der Waals surface area contributed by atoms with Gasteiger partial charge in [-0.3, -0.25) is 4.68 Å². The van der Waals surface area contributed by atoms with E-state index in [1.54, 1.807) is 12.1 Å². The molecule has 2 aromatic heterocycles. The molecule has 0 fully saturated rings. The van der Waals surface area contributed by atoms with E-state index in [4.69, 9.17) is 5.10 Å². The zero-order valence-electron chi connectivity index (χ0n) is 23.6. The molecule has 0 radical (unpaired) electrons. The highest BCUT2D eigenvalue weighted by atomic mass is 15.3. The molecule has 0 aliphatic rings. The van der Waals surface area contributed by atoms with Crippen LogP contribution in [0.25, 0.3) is 11.1 Å². The van der Waals surface area contributed by atoms with Crippen molar-refractivity contribution in [2.75, 3.05) is 0 Å². The van der Waals surface area contributed by atoms with Crippen molar-refractivity contribution >= 4 is 0 Å². The third-order valence-electron chi connectivity index (χ3n) is 8.08. The standard InChI is InChI=1S/C37H29N5/c1-27-35(25-39)36(30-20-18-29(24-38)19-21-30)28(2)41(27)26-34-22-23-42(40-34)37(31-12-6-3-7-13-31,32-14-8-4-9-15-32)33-16-10-5-11-17-33/h3-23H,26H2,1-2H3. The van der Waals surface area contributed by atoms with Crippen LogP contribution in [-0.2, 0) is 12.1 Å². The van der Waals surface area contributed by atoms with E-state index in [-0.39, 0.29) is 0 Å². The summed E-state index contributed by atoms with van der Waals surface area (Å²) in [6.45, 7) is 4.54. The average Bonchev–Trinajstić information content (AvgIpc) is 3.61. The second-order valence-electron chi connectivity index (χ2n) is 10.4. The van der Waals surface area contributed by atoms with Crippen molar-refractivity contribution in [1.82, 2.24) is 14.3 Å². The third-order valence-corrected chi connectivity index (χ3v) is 8.08. The highest BCUT2D eigenvalue weighted by Gasteiger charge is 2.39. The van der Waals surface area contributed by atoms with E-state index in [0.29, 0.717) is 17.7 Å². The highest BCUT2D eigenvalue weighted by Crippen LogP contribution is 2.40. The largest absolute Gasteiger partial charge is 0.341 e. The molecule has 42 heavy (non-hydrogen) atoms. The van der Waals surface area contributed by atoms with Gasteiger partial charge in [-0.25, -0.2) is 0 Å². The smallest absolute Gasteiger partial charge is 0.138 e. The molecule has 0 atom stereocenters. The topological polar surface area (TPSA) is 70.3 Å².